The summed E-state index contributed by atoms with van der Waals surface area (Å²) >= 11 is 0. The molecule has 0 saturated heterocycles. The number of allylic oxidation sites excluding steroid dienone is 1. The van der Waals surface area contributed by atoms with Gasteiger partial charge in [-0.3, -0.25) is 0 Å². The van der Waals surface area contributed by atoms with Crippen molar-refractivity contribution in [2.45, 2.75) is 156 Å². The molecule has 4 nitrogen and oxygen atoms in total. The highest BCUT2D eigenvalue weighted by Crippen LogP contribution is 2.41. The van der Waals surface area contributed by atoms with E-state index in [1.807, 2.05) is 6.08 Å². The van der Waals surface area contributed by atoms with E-state index in [9.17, 15) is 5.11 Å². The fraction of sp³-hybridized carbons (Fsp3) is 0.600. The van der Waals surface area contributed by atoms with Gasteiger partial charge in [-0.2, -0.15) is 0 Å². The van der Waals surface area contributed by atoms with Gasteiger partial charge in [-0.1, -0.05) is 148 Å². The molecule has 6 heteroatoms. The van der Waals surface area contributed by atoms with Crippen LogP contribution >= 0.6 is 0 Å². The molecule has 0 bridgehead atoms. The average Bonchev–Trinajstić information content (AvgIpc) is 3.07. The van der Waals surface area contributed by atoms with Gasteiger partial charge in [0, 0.05) is 12.3 Å². The summed E-state index contributed by atoms with van der Waals surface area (Å²) in [6.45, 7) is 33.9. The molecule has 284 valence electrons. The normalized spacial score (nSPS) is 20.8. The van der Waals surface area contributed by atoms with Crippen molar-refractivity contribution in [2.75, 3.05) is 0 Å². The van der Waals surface area contributed by atoms with Crippen LogP contribution in [0.2, 0.25) is 23.2 Å². The van der Waals surface area contributed by atoms with Crippen LogP contribution in [-0.4, -0.2) is 46.2 Å². The first-order valence-corrected chi connectivity index (χ1v) is 24.4. The molecule has 1 aliphatic rings. The molecule has 0 unspecified atom stereocenters. The van der Waals surface area contributed by atoms with Crippen LogP contribution in [0.3, 0.4) is 0 Å². The van der Waals surface area contributed by atoms with Crippen molar-refractivity contribution >= 4 is 27.0 Å². The molecule has 7 atom stereocenters. The Hall–Kier alpha value is -2.23. The maximum absolute atomic E-state index is 11.6. The molecule has 0 amide bonds. The third-order valence-electron chi connectivity index (χ3n) is 11.7. The van der Waals surface area contributed by atoms with Gasteiger partial charge in [-0.25, -0.2) is 0 Å². The van der Waals surface area contributed by atoms with E-state index in [1.165, 1.54) is 15.9 Å². The van der Waals surface area contributed by atoms with Gasteiger partial charge in [0.25, 0.3) is 8.32 Å². The molecule has 0 fully saturated rings. The summed E-state index contributed by atoms with van der Waals surface area (Å²) in [5.41, 5.74) is 1.18. The SMILES string of the molecule is C=C[C@H](C)[C@H](O[Si](c1ccccc1)(c1ccccc1)C(C)(C)C)/C(C)=C/C[C@H](C[C@H](O)CC1=CC[C@H](C)[C@@H]([C@@H](C)CC)O1)O[Si](C)(C)C(C)(C)C. The molecule has 0 radical (unpaired) electrons. The van der Waals surface area contributed by atoms with Crippen molar-refractivity contribution in [1.29, 1.82) is 0 Å². The summed E-state index contributed by atoms with van der Waals surface area (Å²) in [6.07, 6.45) is 9.75. The van der Waals surface area contributed by atoms with E-state index in [-0.39, 0.29) is 34.3 Å². The largest absolute Gasteiger partial charge is 0.494 e. The molecule has 3 rings (SSSR count). The van der Waals surface area contributed by atoms with E-state index in [2.05, 4.69) is 169 Å². The number of hydrogen-bond donors (Lipinski definition) is 1. The minimum absolute atomic E-state index is 0.0515. The fourth-order valence-corrected chi connectivity index (χ4v) is 13.5. The van der Waals surface area contributed by atoms with E-state index in [0.717, 1.165) is 18.6 Å². The molecule has 1 aliphatic heterocycles. The molecule has 51 heavy (non-hydrogen) atoms. The lowest BCUT2D eigenvalue weighted by Gasteiger charge is -2.46. The zero-order valence-electron chi connectivity index (χ0n) is 34.5. The van der Waals surface area contributed by atoms with Gasteiger partial charge < -0.3 is 18.7 Å². The molecule has 1 heterocycles. The van der Waals surface area contributed by atoms with Crippen LogP contribution in [-0.2, 0) is 13.6 Å². The lowest BCUT2D eigenvalue weighted by Crippen LogP contribution is -2.68. The van der Waals surface area contributed by atoms with Crippen molar-refractivity contribution < 1.29 is 18.7 Å². The van der Waals surface area contributed by atoms with Crippen molar-refractivity contribution in [3.05, 3.63) is 96.8 Å². The van der Waals surface area contributed by atoms with Gasteiger partial charge in [0.05, 0.1) is 24.1 Å². The zero-order chi connectivity index (χ0) is 38.2. The Balaban J connectivity index is 1.98. The highest BCUT2D eigenvalue weighted by atomic mass is 28.4. The number of benzene rings is 2. The minimum Gasteiger partial charge on any atom is -0.494 e. The van der Waals surface area contributed by atoms with Crippen LogP contribution in [0.25, 0.3) is 0 Å². The Morgan fingerprint density at radius 2 is 1.49 bits per heavy atom. The second-order valence-corrected chi connectivity index (χ2v) is 26.9. The fourth-order valence-electron chi connectivity index (χ4n) is 7.29. The van der Waals surface area contributed by atoms with Crippen LogP contribution in [0, 0.1) is 17.8 Å². The Morgan fingerprint density at radius 1 is 0.941 bits per heavy atom. The van der Waals surface area contributed by atoms with Gasteiger partial charge in [0.1, 0.15) is 6.10 Å². The molecule has 0 saturated carbocycles. The molecule has 1 N–H and O–H groups in total. The summed E-state index contributed by atoms with van der Waals surface area (Å²) < 4.78 is 21.3. The monoisotopic (exact) mass is 732 g/mol. The highest BCUT2D eigenvalue weighted by Gasteiger charge is 2.52. The summed E-state index contributed by atoms with van der Waals surface area (Å²) in [5.74, 6) is 1.99. The molecular weight excluding hydrogens is 661 g/mol. The van der Waals surface area contributed by atoms with Crippen LogP contribution in [0.5, 0.6) is 0 Å². The predicted molar refractivity (Wildman–Crippen MR) is 224 cm³/mol. The van der Waals surface area contributed by atoms with Crippen molar-refractivity contribution in [3.63, 3.8) is 0 Å². The summed E-state index contributed by atoms with van der Waals surface area (Å²) in [4.78, 5) is 0. The minimum atomic E-state index is -2.82. The van der Waals surface area contributed by atoms with Gasteiger partial charge in [-0.15, -0.1) is 6.58 Å². The van der Waals surface area contributed by atoms with Gasteiger partial charge in [0.15, 0.2) is 8.32 Å². The first-order valence-electron chi connectivity index (χ1n) is 19.6. The van der Waals surface area contributed by atoms with Gasteiger partial charge in [0.2, 0.25) is 0 Å². The van der Waals surface area contributed by atoms with Crippen LogP contribution in [0.15, 0.2) is 96.8 Å². The predicted octanol–water partition coefficient (Wildman–Crippen LogP) is 11.0. The third-order valence-corrected chi connectivity index (χ3v) is 21.3. The zero-order valence-corrected chi connectivity index (χ0v) is 36.5. The Morgan fingerprint density at radius 3 is 1.96 bits per heavy atom. The number of hydrogen-bond acceptors (Lipinski definition) is 4. The standard InChI is InChI=1S/C45H72O4Si2/c1-15-33(3)42-35(5)27-29-38(47-42)31-37(46)32-39(48-50(13,14)44(7,8)9)30-28-36(6)43(34(4)16-2)49-51(45(10,11)12,40-23-19-17-20-24-40)41-25-21-18-22-26-41/h16-26,28-29,33-35,37,39,42-43,46H,2,15,27,30-32H2,1,3-14H3/b36-28+/t33-,34-,35-,37+,39+,42+,43-/m0/s1. The van der Waals surface area contributed by atoms with Crippen molar-refractivity contribution in [2.24, 2.45) is 17.8 Å². The van der Waals surface area contributed by atoms with E-state index in [1.54, 1.807) is 0 Å². The molecule has 2 aromatic rings. The Labute approximate surface area is 315 Å². The summed E-state index contributed by atoms with van der Waals surface area (Å²) in [5, 5.41) is 14.0. The topological polar surface area (TPSA) is 47.9 Å². The van der Waals surface area contributed by atoms with Crippen molar-refractivity contribution in [3.8, 4) is 0 Å². The molecular formula is C45H72O4Si2. The number of aliphatic hydroxyl groups is 1. The molecule has 0 aromatic heterocycles. The highest BCUT2D eigenvalue weighted by molar-refractivity contribution is 6.99. The number of aliphatic hydroxyl groups excluding tert-OH is 1. The second-order valence-electron chi connectivity index (χ2n) is 17.9. The maximum atomic E-state index is 11.6. The van der Waals surface area contributed by atoms with Crippen LogP contribution in [0.4, 0.5) is 0 Å². The van der Waals surface area contributed by atoms with Crippen LogP contribution < -0.4 is 10.4 Å². The quantitative estimate of drug-likeness (QED) is 0.130. The summed E-state index contributed by atoms with van der Waals surface area (Å²) in [6, 6.07) is 21.7. The average molecular weight is 733 g/mol. The lowest BCUT2D eigenvalue weighted by atomic mass is 9.87. The van der Waals surface area contributed by atoms with Gasteiger partial charge >= 0.3 is 0 Å². The van der Waals surface area contributed by atoms with E-state index in [0.29, 0.717) is 31.1 Å². The lowest BCUT2D eigenvalue weighted by molar-refractivity contribution is -0.00366. The first kappa shape index (κ1) is 43.2. The number of ether oxygens (including phenoxy) is 1. The molecule has 0 aliphatic carbocycles. The van der Waals surface area contributed by atoms with E-state index in [4.69, 9.17) is 13.6 Å². The molecule has 2 aromatic carbocycles. The first-order chi connectivity index (χ1) is 23.8. The Bertz CT molecular complexity index is 1380. The summed E-state index contributed by atoms with van der Waals surface area (Å²) in [7, 11) is -4.95. The third kappa shape index (κ3) is 10.9. The van der Waals surface area contributed by atoms with Crippen LogP contribution in [0.1, 0.15) is 108 Å². The smallest absolute Gasteiger partial charge is 0.261 e. The van der Waals surface area contributed by atoms with E-state index < -0.39 is 22.7 Å². The van der Waals surface area contributed by atoms with Gasteiger partial charge in [-0.05, 0) is 83.2 Å². The molecule has 0 spiro atoms. The van der Waals surface area contributed by atoms with E-state index >= 15 is 0 Å². The Kier molecular flexibility index (Phi) is 15.4. The maximum Gasteiger partial charge on any atom is 0.261 e. The van der Waals surface area contributed by atoms with Crippen molar-refractivity contribution in [1.82, 2.24) is 0 Å². The number of rotatable bonds is 17. The second kappa shape index (κ2) is 18.2.